The van der Waals surface area contributed by atoms with Crippen LogP contribution in [0.2, 0.25) is 0 Å². The number of amides is 1. The number of likely N-dealkylation sites (tertiary alicyclic amines) is 1. The number of methoxy groups -OCH3 is 1. The van der Waals surface area contributed by atoms with Gasteiger partial charge in [-0.05, 0) is 42.7 Å². The van der Waals surface area contributed by atoms with Gasteiger partial charge in [-0.1, -0.05) is 17.3 Å². The van der Waals surface area contributed by atoms with Crippen molar-refractivity contribution in [2.24, 2.45) is 0 Å². The Hall–Kier alpha value is -3.29. The van der Waals surface area contributed by atoms with Crippen LogP contribution in [0.5, 0.6) is 5.75 Å². The van der Waals surface area contributed by atoms with Crippen LogP contribution in [0, 0.1) is 0 Å². The van der Waals surface area contributed by atoms with Crippen molar-refractivity contribution >= 4 is 5.91 Å². The molecule has 3 aromatic rings. The number of pyridine rings is 1. The zero-order valence-electron chi connectivity index (χ0n) is 16.0. The molecule has 0 N–H and O–H groups in total. The Balaban J connectivity index is 1.46. The van der Waals surface area contributed by atoms with E-state index >= 15 is 4.39 Å². The monoisotopic (exact) mass is 396 g/mol. The number of carbonyl (C=O) groups excluding carboxylic acids is 1. The van der Waals surface area contributed by atoms with Crippen molar-refractivity contribution in [3.63, 3.8) is 0 Å². The van der Waals surface area contributed by atoms with E-state index in [2.05, 4.69) is 15.1 Å². The first-order valence-corrected chi connectivity index (χ1v) is 9.42. The Labute approximate surface area is 167 Å². The van der Waals surface area contributed by atoms with E-state index in [1.807, 2.05) is 12.1 Å². The fraction of sp³-hybridized carbons (Fsp3) is 0.333. The van der Waals surface area contributed by atoms with Gasteiger partial charge in [0.05, 0.1) is 20.1 Å². The summed E-state index contributed by atoms with van der Waals surface area (Å²) in [4.78, 5) is 22.4. The second-order valence-corrected chi connectivity index (χ2v) is 7.07. The molecular formula is C21H21FN4O3. The predicted octanol–water partition coefficient (Wildman–Crippen LogP) is 3.17. The maximum atomic E-state index is 15.7. The van der Waals surface area contributed by atoms with E-state index in [4.69, 9.17) is 9.26 Å². The minimum Gasteiger partial charge on any atom is -0.497 e. The lowest BCUT2D eigenvalue weighted by Gasteiger charge is -2.35. The molecule has 1 saturated heterocycles. The molecule has 8 heteroatoms. The molecule has 1 fully saturated rings. The van der Waals surface area contributed by atoms with E-state index in [0.717, 1.165) is 11.3 Å². The molecule has 0 saturated carbocycles. The number of hydrogen-bond acceptors (Lipinski definition) is 6. The lowest BCUT2D eigenvalue weighted by molar-refractivity contribution is -0.135. The van der Waals surface area contributed by atoms with Crippen molar-refractivity contribution < 1.29 is 18.4 Å². The summed E-state index contributed by atoms with van der Waals surface area (Å²) < 4.78 is 26.0. The van der Waals surface area contributed by atoms with E-state index in [1.165, 1.54) is 4.90 Å². The van der Waals surface area contributed by atoms with Crippen LogP contribution in [0.1, 0.15) is 24.3 Å². The molecule has 0 radical (unpaired) electrons. The molecule has 1 atom stereocenters. The molecule has 1 aliphatic heterocycles. The fourth-order valence-electron chi connectivity index (χ4n) is 3.45. The Morgan fingerprint density at radius 3 is 2.72 bits per heavy atom. The molecule has 2 aromatic heterocycles. The van der Waals surface area contributed by atoms with Crippen LogP contribution >= 0.6 is 0 Å². The fourth-order valence-corrected chi connectivity index (χ4v) is 3.45. The van der Waals surface area contributed by atoms with Gasteiger partial charge in [0.1, 0.15) is 5.75 Å². The molecule has 4 rings (SSSR count). The van der Waals surface area contributed by atoms with E-state index < -0.39 is 5.67 Å². The van der Waals surface area contributed by atoms with Gasteiger partial charge in [-0.2, -0.15) is 4.98 Å². The summed E-state index contributed by atoms with van der Waals surface area (Å²) >= 11 is 0. The molecule has 0 bridgehead atoms. The maximum Gasteiger partial charge on any atom is 0.266 e. The summed E-state index contributed by atoms with van der Waals surface area (Å²) in [6.45, 7) is 0.409. The lowest BCUT2D eigenvalue weighted by Crippen LogP contribution is -2.47. The first-order valence-electron chi connectivity index (χ1n) is 9.42. The van der Waals surface area contributed by atoms with Crippen LogP contribution in [0.25, 0.3) is 11.4 Å². The molecule has 3 heterocycles. The number of rotatable bonds is 5. The third kappa shape index (κ3) is 4.11. The minimum absolute atomic E-state index is 0.0914. The van der Waals surface area contributed by atoms with Crippen LogP contribution < -0.4 is 4.74 Å². The zero-order chi connectivity index (χ0) is 20.3. The molecular weight excluding hydrogens is 375 g/mol. The van der Waals surface area contributed by atoms with Crippen molar-refractivity contribution in [3.05, 3.63) is 60.2 Å². The summed E-state index contributed by atoms with van der Waals surface area (Å²) in [6, 6.07) is 10.7. The highest BCUT2D eigenvalue weighted by Crippen LogP contribution is 2.35. The Bertz CT molecular complexity index is 977. The molecule has 1 unspecified atom stereocenters. The van der Waals surface area contributed by atoms with Crippen molar-refractivity contribution in [3.8, 4) is 17.1 Å². The first kappa shape index (κ1) is 19.0. The summed E-state index contributed by atoms with van der Waals surface area (Å²) in [6.07, 6.45) is 4.18. The molecule has 29 heavy (non-hydrogen) atoms. The molecule has 1 aliphatic rings. The number of piperidine rings is 1. The summed E-state index contributed by atoms with van der Waals surface area (Å²) in [5, 5.41) is 3.89. The van der Waals surface area contributed by atoms with Gasteiger partial charge in [0, 0.05) is 24.5 Å². The normalized spacial score (nSPS) is 19.2. The number of benzene rings is 1. The van der Waals surface area contributed by atoms with Crippen molar-refractivity contribution in [1.82, 2.24) is 20.0 Å². The van der Waals surface area contributed by atoms with Gasteiger partial charge in [0.2, 0.25) is 17.4 Å². The van der Waals surface area contributed by atoms with Crippen molar-refractivity contribution in [1.29, 1.82) is 0 Å². The van der Waals surface area contributed by atoms with Gasteiger partial charge in [0.25, 0.3) is 5.89 Å². The molecule has 1 amide bonds. The Morgan fingerprint density at radius 1 is 1.24 bits per heavy atom. The van der Waals surface area contributed by atoms with Gasteiger partial charge >= 0.3 is 0 Å². The molecule has 1 aromatic carbocycles. The van der Waals surface area contributed by atoms with Crippen LogP contribution in [0.4, 0.5) is 4.39 Å². The van der Waals surface area contributed by atoms with Crippen LogP contribution in [0.15, 0.2) is 53.3 Å². The quantitative estimate of drug-likeness (QED) is 0.659. The third-order valence-corrected chi connectivity index (χ3v) is 5.06. The first-order chi connectivity index (χ1) is 14.1. The van der Waals surface area contributed by atoms with Gasteiger partial charge in [-0.25, -0.2) is 4.39 Å². The predicted molar refractivity (Wildman–Crippen MR) is 103 cm³/mol. The molecule has 0 spiro atoms. The van der Waals surface area contributed by atoms with Gasteiger partial charge < -0.3 is 14.2 Å². The van der Waals surface area contributed by atoms with Gasteiger partial charge in [-0.15, -0.1) is 0 Å². The van der Waals surface area contributed by atoms with Crippen LogP contribution in [-0.4, -0.2) is 46.1 Å². The number of ether oxygens (including phenoxy) is 1. The number of nitrogens with zero attached hydrogens (tertiary/aromatic N) is 4. The summed E-state index contributed by atoms with van der Waals surface area (Å²) in [5.41, 5.74) is -0.308. The van der Waals surface area contributed by atoms with E-state index in [1.54, 1.807) is 43.8 Å². The smallest absolute Gasteiger partial charge is 0.266 e. The van der Waals surface area contributed by atoms with E-state index in [9.17, 15) is 4.79 Å². The second-order valence-electron chi connectivity index (χ2n) is 7.07. The lowest BCUT2D eigenvalue weighted by atomic mass is 9.94. The van der Waals surface area contributed by atoms with Crippen LogP contribution in [-0.2, 0) is 16.9 Å². The number of hydrogen-bond donors (Lipinski definition) is 0. The SMILES string of the molecule is COc1ccc(CC(=O)N2CCCC(F)(c3nc(-c4ccncc4)no3)C2)cc1. The zero-order valence-corrected chi connectivity index (χ0v) is 16.0. The molecule has 0 aliphatic carbocycles. The molecule has 150 valence electrons. The Morgan fingerprint density at radius 2 is 2.00 bits per heavy atom. The third-order valence-electron chi connectivity index (χ3n) is 5.06. The average Bonchev–Trinajstić information content (AvgIpc) is 3.26. The standard InChI is InChI=1S/C21H21FN4O3/c1-28-17-5-3-15(4-6-17)13-18(27)26-12-2-9-21(22,14-26)20-24-19(25-29-20)16-7-10-23-11-8-16/h3-8,10-11H,2,9,12-14H2,1H3. The average molecular weight is 396 g/mol. The van der Waals surface area contributed by atoms with Crippen LogP contribution in [0.3, 0.4) is 0 Å². The highest BCUT2D eigenvalue weighted by Gasteiger charge is 2.43. The van der Waals surface area contributed by atoms with E-state index in [-0.39, 0.29) is 31.2 Å². The molecule has 7 nitrogen and oxygen atoms in total. The van der Waals surface area contributed by atoms with Gasteiger partial charge in [-0.3, -0.25) is 9.78 Å². The minimum atomic E-state index is -1.86. The number of alkyl halides is 1. The highest BCUT2D eigenvalue weighted by atomic mass is 19.1. The van der Waals surface area contributed by atoms with Gasteiger partial charge in [0.15, 0.2) is 0 Å². The second kappa shape index (κ2) is 7.98. The van der Waals surface area contributed by atoms with Crippen molar-refractivity contribution in [2.45, 2.75) is 24.9 Å². The summed E-state index contributed by atoms with van der Waals surface area (Å²) in [5.74, 6) is 0.807. The summed E-state index contributed by atoms with van der Waals surface area (Å²) in [7, 11) is 1.59. The largest absolute Gasteiger partial charge is 0.497 e. The topological polar surface area (TPSA) is 81.4 Å². The maximum absolute atomic E-state index is 15.7. The number of aromatic nitrogens is 3. The van der Waals surface area contributed by atoms with Crippen molar-refractivity contribution in [2.75, 3.05) is 20.2 Å². The van der Waals surface area contributed by atoms with E-state index in [0.29, 0.717) is 24.4 Å². The number of carbonyl (C=O) groups is 1. The highest BCUT2D eigenvalue weighted by molar-refractivity contribution is 5.79. The number of halogens is 1. The Kier molecular flexibility index (Phi) is 5.24.